The van der Waals surface area contributed by atoms with Crippen LogP contribution in [-0.2, 0) is 11.3 Å². The number of nitrogens with one attached hydrogen (secondary N) is 1. The van der Waals surface area contributed by atoms with Gasteiger partial charge in [-0.05, 0) is 24.6 Å². The third kappa shape index (κ3) is 3.55. The van der Waals surface area contributed by atoms with Crippen molar-refractivity contribution in [2.45, 2.75) is 32.0 Å². The van der Waals surface area contributed by atoms with Gasteiger partial charge < -0.3 is 10.1 Å². The molecule has 0 spiro atoms. The van der Waals surface area contributed by atoms with Crippen LogP contribution in [0.1, 0.15) is 25.3 Å². The molecule has 2 rings (SSSR count). The van der Waals surface area contributed by atoms with Crippen molar-refractivity contribution in [3.05, 3.63) is 29.8 Å². The lowest BCUT2D eigenvalue weighted by atomic mass is 10.1. The molecule has 0 aliphatic carbocycles. The topological polar surface area (TPSA) is 63.0 Å². The van der Waals surface area contributed by atoms with Gasteiger partial charge in [0.05, 0.1) is 7.11 Å². The van der Waals surface area contributed by atoms with Crippen LogP contribution < -0.4 is 10.1 Å². The lowest BCUT2D eigenvalue weighted by molar-refractivity contribution is -0.121. The van der Waals surface area contributed by atoms with E-state index in [-0.39, 0.29) is 11.6 Å². The molecule has 1 N–H and O–H groups in total. The molecule has 1 aromatic rings. The van der Waals surface area contributed by atoms with E-state index in [0.717, 1.165) is 11.3 Å². The lowest BCUT2D eigenvalue weighted by Crippen LogP contribution is -2.24. The van der Waals surface area contributed by atoms with Crippen LogP contribution in [0, 0.1) is 0 Å². The van der Waals surface area contributed by atoms with Crippen LogP contribution in [0.2, 0.25) is 0 Å². The predicted octanol–water partition coefficient (Wildman–Crippen LogP) is 2.27. The smallest absolute Gasteiger partial charge is 0.220 e. The van der Waals surface area contributed by atoms with Gasteiger partial charge in [-0.25, -0.2) is 0 Å². The van der Waals surface area contributed by atoms with Crippen LogP contribution in [0.15, 0.2) is 34.5 Å². The molecule has 0 saturated carbocycles. The van der Waals surface area contributed by atoms with E-state index in [4.69, 9.17) is 4.74 Å². The van der Waals surface area contributed by atoms with E-state index in [1.807, 2.05) is 31.2 Å². The molecule has 1 heterocycles. The van der Waals surface area contributed by atoms with Gasteiger partial charge in [-0.15, -0.1) is 0 Å². The Morgan fingerprint density at radius 1 is 1.33 bits per heavy atom. The van der Waals surface area contributed by atoms with Crippen molar-refractivity contribution in [3.8, 4) is 5.75 Å². The molecule has 18 heavy (non-hydrogen) atoms. The quantitative estimate of drug-likeness (QED) is 0.838. The van der Waals surface area contributed by atoms with Gasteiger partial charge in [0, 0.05) is 19.4 Å². The van der Waals surface area contributed by atoms with Crippen LogP contribution in [0.25, 0.3) is 0 Å². The number of nitrogens with zero attached hydrogens (tertiary/aromatic N) is 2. The molecule has 1 aromatic carbocycles. The van der Waals surface area contributed by atoms with E-state index in [9.17, 15) is 4.79 Å². The summed E-state index contributed by atoms with van der Waals surface area (Å²) in [5, 5.41) is 10.6. The summed E-state index contributed by atoms with van der Waals surface area (Å²) in [7, 11) is 1.63. The van der Waals surface area contributed by atoms with Crippen LogP contribution in [0.4, 0.5) is 0 Å². The van der Waals surface area contributed by atoms with Crippen molar-refractivity contribution < 1.29 is 9.53 Å². The average molecular weight is 247 g/mol. The molecule has 0 unspecified atom stereocenters. The van der Waals surface area contributed by atoms with Crippen molar-refractivity contribution in [1.82, 2.24) is 5.32 Å². The Labute approximate surface area is 106 Å². The SMILES string of the molecule is COc1ccc(CNC(=O)CCC2(C)N=N2)cc1. The molecule has 1 aliphatic heterocycles. The van der Waals surface area contributed by atoms with Crippen molar-refractivity contribution in [2.24, 2.45) is 10.2 Å². The number of benzene rings is 1. The van der Waals surface area contributed by atoms with Gasteiger partial charge in [-0.3, -0.25) is 4.79 Å². The zero-order chi connectivity index (χ0) is 13.0. The summed E-state index contributed by atoms with van der Waals surface area (Å²) in [6.07, 6.45) is 1.14. The predicted molar refractivity (Wildman–Crippen MR) is 67.3 cm³/mol. The Kier molecular flexibility index (Phi) is 3.60. The Morgan fingerprint density at radius 3 is 2.56 bits per heavy atom. The van der Waals surface area contributed by atoms with Crippen LogP contribution in [0.5, 0.6) is 5.75 Å². The third-order valence-corrected chi connectivity index (χ3v) is 2.92. The number of amides is 1. The number of rotatable bonds is 6. The van der Waals surface area contributed by atoms with Gasteiger partial charge in [0.2, 0.25) is 5.91 Å². The minimum absolute atomic E-state index is 0.0318. The molecule has 1 aliphatic rings. The maximum absolute atomic E-state index is 11.6. The Balaban J connectivity index is 1.71. The van der Waals surface area contributed by atoms with Gasteiger partial charge in [0.1, 0.15) is 5.75 Å². The highest BCUT2D eigenvalue weighted by Crippen LogP contribution is 2.31. The van der Waals surface area contributed by atoms with Gasteiger partial charge in [0.25, 0.3) is 0 Å². The lowest BCUT2D eigenvalue weighted by Gasteiger charge is -2.07. The zero-order valence-corrected chi connectivity index (χ0v) is 10.6. The second kappa shape index (κ2) is 5.16. The van der Waals surface area contributed by atoms with Gasteiger partial charge in [0.15, 0.2) is 5.66 Å². The van der Waals surface area contributed by atoms with E-state index in [1.165, 1.54) is 0 Å². The first kappa shape index (κ1) is 12.5. The van der Waals surface area contributed by atoms with Gasteiger partial charge in [-0.2, -0.15) is 10.2 Å². The number of methoxy groups -OCH3 is 1. The summed E-state index contributed by atoms with van der Waals surface area (Å²) in [6.45, 7) is 2.46. The van der Waals surface area contributed by atoms with Gasteiger partial charge in [-0.1, -0.05) is 12.1 Å². The van der Waals surface area contributed by atoms with Crippen molar-refractivity contribution >= 4 is 5.91 Å². The molecule has 0 bridgehead atoms. The van der Waals surface area contributed by atoms with Crippen LogP contribution in [-0.4, -0.2) is 18.7 Å². The fourth-order valence-corrected chi connectivity index (χ4v) is 1.57. The maximum Gasteiger partial charge on any atom is 0.220 e. The Morgan fingerprint density at radius 2 is 2.00 bits per heavy atom. The number of hydrogen-bond donors (Lipinski definition) is 1. The summed E-state index contributed by atoms with van der Waals surface area (Å²) in [4.78, 5) is 11.6. The summed E-state index contributed by atoms with van der Waals surface area (Å²) >= 11 is 0. The second-order valence-electron chi connectivity index (χ2n) is 4.54. The summed E-state index contributed by atoms with van der Waals surface area (Å²) < 4.78 is 5.07. The van der Waals surface area contributed by atoms with E-state index in [1.54, 1.807) is 7.11 Å². The molecule has 96 valence electrons. The highest BCUT2D eigenvalue weighted by Gasteiger charge is 2.33. The third-order valence-electron chi connectivity index (χ3n) is 2.92. The number of carbonyl (C=O) groups excluding carboxylic acids is 1. The molecular formula is C13H17N3O2. The highest BCUT2D eigenvalue weighted by atomic mass is 16.5. The standard InChI is InChI=1S/C13H17N3O2/c1-13(15-16-13)8-7-12(17)14-9-10-3-5-11(18-2)6-4-10/h3-6H,7-9H2,1-2H3,(H,14,17). The highest BCUT2D eigenvalue weighted by molar-refractivity contribution is 5.76. The fourth-order valence-electron chi connectivity index (χ4n) is 1.57. The second-order valence-corrected chi connectivity index (χ2v) is 4.54. The first-order valence-corrected chi connectivity index (χ1v) is 5.95. The normalized spacial score (nSPS) is 15.2. The molecule has 0 fully saturated rings. The van der Waals surface area contributed by atoms with Crippen molar-refractivity contribution in [1.29, 1.82) is 0 Å². The van der Waals surface area contributed by atoms with Crippen LogP contribution in [0.3, 0.4) is 0 Å². The largest absolute Gasteiger partial charge is 0.497 e. The summed E-state index contributed by atoms with van der Waals surface area (Å²) in [5.74, 6) is 0.847. The molecular weight excluding hydrogens is 230 g/mol. The zero-order valence-electron chi connectivity index (χ0n) is 10.6. The molecule has 0 saturated heterocycles. The number of carbonyl (C=O) groups is 1. The molecule has 0 radical (unpaired) electrons. The molecule has 0 atom stereocenters. The minimum Gasteiger partial charge on any atom is -0.497 e. The molecule has 5 heteroatoms. The van der Waals surface area contributed by atoms with E-state index in [2.05, 4.69) is 15.5 Å². The van der Waals surface area contributed by atoms with Gasteiger partial charge >= 0.3 is 0 Å². The van der Waals surface area contributed by atoms with E-state index in [0.29, 0.717) is 19.4 Å². The first-order valence-electron chi connectivity index (χ1n) is 5.95. The van der Waals surface area contributed by atoms with Crippen molar-refractivity contribution in [3.63, 3.8) is 0 Å². The number of ether oxygens (including phenoxy) is 1. The van der Waals surface area contributed by atoms with Crippen LogP contribution >= 0.6 is 0 Å². The van der Waals surface area contributed by atoms with E-state index >= 15 is 0 Å². The van der Waals surface area contributed by atoms with E-state index < -0.39 is 0 Å². The summed E-state index contributed by atoms with van der Waals surface area (Å²) in [6, 6.07) is 7.63. The maximum atomic E-state index is 11.6. The average Bonchev–Trinajstić information content (AvgIpc) is 3.13. The fraction of sp³-hybridized carbons (Fsp3) is 0.462. The molecule has 0 aromatic heterocycles. The van der Waals surface area contributed by atoms with Crippen molar-refractivity contribution in [2.75, 3.05) is 7.11 Å². The monoisotopic (exact) mass is 247 g/mol. The Bertz CT molecular complexity index is 448. The molecule has 1 amide bonds. The first-order chi connectivity index (χ1) is 8.61. The summed E-state index contributed by atoms with van der Waals surface area (Å²) in [5.41, 5.74) is 0.758. The number of hydrogen-bond acceptors (Lipinski definition) is 4. The minimum atomic E-state index is -0.294. The molecule has 5 nitrogen and oxygen atoms in total. The Hall–Kier alpha value is -1.91.